The summed E-state index contributed by atoms with van der Waals surface area (Å²) in [6.07, 6.45) is -0.342. The maximum absolute atomic E-state index is 14.2. The van der Waals surface area contributed by atoms with Crippen LogP contribution in [0.15, 0.2) is 84.9 Å². The van der Waals surface area contributed by atoms with Crippen LogP contribution in [0.25, 0.3) is 0 Å². The Morgan fingerprint density at radius 1 is 0.875 bits per heavy atom. The van der Waals surface area contributed by atoms with Gasteiger partial charge in [0.2, 0.25) is 0 Å². The van der Waals surface area contributed by atoms with Gasteiger partial charge in [-0.3, -0.25) is 14.4 Å². The largest absolute Gasteiger partial charge is 0.389 e. The zero-order valence-electron chi connectivity index (χ0n) is 17.6. The minimum Gasteiger partial charge on any atom is -0.389 e. The molecule has 32 heavy (non-hydrogen) atoms. The van der Waals surface area contributed by atoms with Crippen LogP contribution in [0.1, 0.15) is 45.5 Å². The van der Waals surface area contributed by atoms with E-state index in [9.17, 15) is 23.9 Å². The van der Waals surface area contributed by atoms with Crippen molar-refractivity contribution in [2.45, 2.75) is 24.9 Å². The number of rotatable bonds is 5. The van der Waals surface area contributed by atoms with Gasteiger partial charge >= 0.3 is 0 Å². The molecule has 4 nitrogen and oxygen atoms in total. The molecule has 1 fully saturated rings. The molecule has 0 aromatic heterocycles. The lowest BCUT2D eigenvalue weighted by Crippen LogP contribution is -2.54. The van der Waals surface area contributed by atoms with Gasteiger partial charge in [-0.1, -0.05) is 72.8 Å². The Hall–Kier alpha value is -3.44. The van der Waals surface area contributed by atoms with E-state index in [1.54, 1.807) is 66.7 Å². The van der Waals surface area contributed by atoms with Crippen LogP contribution >= 0.6 is 0 Å². The molecule has 3 aromatic rings. The van der Waals surface area contributed by atoms with Crippen LogP contribution in [0.4, 0.5) is 4.39 Å². The van der Waals surface area contributed by atoms with E-state index in [-0.39, 0.29) is 12.2 Å². The molecule has 162 valence electrons. The average molecular weight is 430 g/mol. The third-order valence-electron chi connectivity index (χ3n) is 6.18. The zero-order chi connectivity index (χ0) is 22.9. The van der Waals surface area contributed by atoms with E-state index in [1.165, 1.54) is 25.1 Å². The van der Waals surface area contributed by atoms with Crippen LogP contribution < -0.4 is 0 Å². The molecule has 0 radical (unpaired) electrons. The van der Waals surface area contributed by atoms with E-state index in [2.05, 4.69) is 0 Å². The summed E-state index contributed by atoms with van der Waals surface area (Å²) < 4.78 is 14.2. The third-order valence-corrected chi connectivity index (χ3v) is 6.18. The van der Waals surface area contributed by atoms with Gasteiger partial charge in [0.25, 0.3) is 0 Å². The monoisotopic (exact) mass is 430 g/mol. The molecule has 1 aliphatic carbocycles. The molecule has 0 spiro atoms. The molecule has 0 bridgehead atoms. The first-order valence-electron chi connectivity index (χ1n) is 10.5. The fourth-order valence-electron chi connectivity index (χ4n) is 4.77. The number of hydrogen-bond donors (Lipinski definition) is 1. The zero-order valence-corrected chi connectivity index (χ0v) is 17.6. The number of Topliss-reactive ketones (excluding diaryl/α,β-unsaturated/α-hetero) is 3. The Morgan fingerprint density at radius 3 is 2.00 bits per heavy atom. The molecule has 4 rings (SSSR count). The average Bonchev–Trinajstić information content (AvgIpc) is 2.78. The number of carbonyl (C=O) groups is 3. The second-order valence-corrected chi connectivity index (χ2v) is 8.50. The summed E-state index contributed by atoms with van der Waals surface area (Å²) in [5.74, 6) is -5.16. The lowest BCUT2D eigenvalue weighted by atomic mass is 9.58. The van der Waals surface area contributed by atoms with Gasteiger partial charge in [0, 0.05) is 23.5 Å². The maximum Gasteiger partial charge on any atom is 0.173 e. The quantitative estimate of drug-likeness (QED) is 0.473. The molecule has 4 atom stereocenters. The van der Waals surface area contributed by atoms with Gasteiger partial charge < -0.3 is 5.11 Å². The lowest BCUT2D eigenvalue weighted by molar-refractivity contribution is -0.134. The number of ketones is 3. The molecule has 0 aliphatic heterocycles. The highest BCUT2D eigenvalue weighted by molar-refractivity contribution is 6.13. The molecule has 0 saturated heterocycles. The Kier molecular flexibility index (Phi) is 5.85. The van der Waals surface area contributed by atoms with Crippen molar-refractivity contribution in [1.82, 2.24) is 0 Å². The molecule has 0 amide bonds. The summed E-state index contributed by atoms with van der Waals surface area (Å²) >= 11 is 0. The Bertz CT molecular complexity index is 1150. The standard InChI is InChI=1S/C27H23FO4/c1-27(32)16-21(29)23(25(30)17-9-4-2-5-10-17)22(19-13-8-14-20(28)15-19)24(27)26(31)18-11-6-3-7-12-18/h2-15,22-24,32H,16H2,1H3/t22-,23-,24-,27+/m1/s1. The highest BCUT2D eigenvalue weighted by atomic mass is 19.1. The lowest BCUT2D eigenvalue weighted by Gasteiger charge is -2.45. The van der Waals surface area contributed by atoms with Crippen molar-refractivity contribution in [2.24, 2.45) is 11.8 Å². The molecule has 3 aromatic carbocycles. The number of hydrogen-bond acceptors (Lipinski definition) is 4. The number of carbonyl (C=O) groups excluding carboxylic acids is 3. The molecule has 5 heteroatoms. The topological polar surface area (TPSA) is 71.4 Å². The van der Waals surface area contributed by atoms with Crippen LogP contribution in [0.3, 0.4) is 0 Å². The highest BCUT2D eigenvalue weighted by Crippen LogP contribution is 2.48. The molecule has 1 aliphatic rings. The van der Waals surface area contributed by atoms with E-state index in [4.69, 9.17) is 0 Å². The third kappa shape index (κ3) is 4.04. The van der Waals surface area contributed by atoms with Crippen LogP contribution in [0, 0.1) is 17.7 Å². The predicted octanol–water partition coefficient (Wildman–Crippen LogP) is 4.63. The Labute approximate surface area is 185 Å². The summed E-state index contributed by atoms with van der Waals surface area (Å²) in [4.78, 5) is 40.3. The fraction of sp³-hybridized carbons (Fsp3) is 0.222. The molecule has 0 unspecified atom stereocenters. The van der Waals surface area contributed by atoms with E-state index < -0.39 is 40.7 Å². The minimum absolute atomic E-state index is 0.333. The molecule has 0 heterocycles. The molecular weight excluding hydrogens is 407 g/mol. The maximum atomic E-state index is 14.2. The number of aliphatic hydroxyl groups is 1. The smallest absolute Gasteiger partial charge is 0.173 e. The van der Waals surface area contributed by atoms with Crippen LogP contribution in [0.5, 0.6) is 0 Å². The van der Waals surface area contributed by atoms with Crippen molar-refractivity contribution in [3.8, 4) is 0 Å². The van der Waals surface area contributed by atoms with E-state index in [0.717, 1.165) is 0 Å². The van der Waals surface area contributed by atoms with Crippen molar-refractivity contribution in [1.29, 1.82) is 0 Å². The van der Waals surface area contributed by atoms with E-state index in [0.29, 0.717) is 16.7 Å². The van der Waals surface area contributed by atoms with Crippen molar-refractivity contribution in [3.63, 3.8) is 0 Å². The van der Waals surface area contributed by atoms with Crippen molar-refractivity contribution >= 4 is 17.3 Å². The van der Waals surface area contributed by atoms with E-state index >= 15 is 0 Å². The van der Waals surface area contributed by atoms with Crippen molar-refractivity contribution in [2.75, 3.05) is 0 Å². The van der Waals surface area contributed by atoms with Gasteiger partial charge in [0.05, 0.1) is 17.4 Å². The number of halogens is 1. The normalized spacial score (nSPS) is 25.3. The summed E-state index contributed by atoms with van der Waals surface area (Å²) in [5, 5.41) is 11.3. The van der Waals surface area contributed by atoms with E-state index in [1.807, 2.05) is 0 Å². The molecule has 1 N–H and O–H groups in total. The van der Waals surface area contributed by atoms with Gasteiger partial charge in [0.1, 0.15) is 11.6 Å². The second kappa shape index (κ2) is 8.60. The minimum atomic E-state index is -1.70. The fourth-order valence-corrected chi connectivity index (χ4v) is 4.77. The van der Waals surface area contributed by atoms with Crippen molar-refractivity contribution < 1.29 is 23.9 Å². The molecule has 1 saturated carbocycles. The van der Waals surface area contributed by atoms with Gasteiger partial charge in [0.15, 0.2) is 11.6 Å². The first-order chi connectivity index (χ1) is 15.3. The second-order valence-electron chi connectivity index (χ2n) is 8.50. The molecular formula is C27H23FO4. The summed E-state index contributed by atoms with van der Waals surface area (Å²) in [5.41, 5.74) is -0.671. The van der Waals surface area contributed by atoms with Crippen LogP contribution in [-0.4, -0.2) is 28.1 Å². The van der Waals surface area contributed by atoms with Crippen molar-refractivity contribution in [3.05, 3.63) is 107 Å². The first-order valence-corrected chi connectivity index (χ1v) is 10.5. The summed E-state index contributed by atoms with van der Waals surface area (Å²) in [6, 6.07) is 22.4. The van der Waals surface area contributed by atoms with Crippen LogP contribution in [-0.2, 0) is 4.79 Å². The summed E-state index contributed by atoms with van der Waals surface area (Å²) in [6.45, 7) is 1.44. The first kappa shape index (κ1) is 21.8. The van der Waals surface area contributed by atoms with Gasteiger partial charge in [-0.25, -0.2) is 4.39 Å². The van der Waals surface area contributed by atoms with Gasteiger partial charge in [-0.05, 0) is 24.6 Å². The van der Waals surface area contributed by atoms with Crippen LogP contribution in [0.2, 0.25) is 0 Å². The summed E-state index contributed by atoms with van der Waals surface area (Å²) in [7, 11) is 0. The Balaban J connectivity index is 1.90. The predicted molar refractivity (Wildman–Crippen MR) is 118 cm³/mol. The number of benzene rings is 3. The SMILES string of the molecule is C[C@]1(O)CC(=O)[C@@H](C(=O)c2ccccc2)[C@@H](c2cccc(F)c2)[C@@H]1C(=O)c1ccccc1. The highest BCUT2D eigenvalue weighted by Gasteiger charge is 2.55. The Morgan fingerprint density at radius 2 is 1.44 bits per heavy atom. The van der Waals surface area contributed by atoms with Gasteiger partial charge in [-0.15, -0.1) is 0 Å². The van der Waals surface area contributed by atoms with Gasteiger partial charge in [-0.2, -0.15) is 0 Å².